The van der Waals surface area contributed by atoms with Gasteiger partial charge in [-0.3, -0.25) is 0 Å². The lowest BCUT2D eigenvalue weighted by molar-refractivity contribution is 1.28. The Morgan fingerprint density at radius 3 is 2.62 bits per heavy atom. The second-order valence-electron chi connectivity index (χ2n) is 3.73. The van der Waals surface area contributed by atoms with Gasteiger partial charge in [0.05, 0.1) is 5.02 Å². The third kappa shape index (κ3) is 2.34. The summed E-state index contributed by atoms with van der Waals surface area (Å²) >= 11 is 5.78. The van der Waals surface area contributed by atoms with Crippen LogP contribution < -0.4 is 5.32 Å². The van der Waals surface area contributed by atoms with Gasteiger partial charge in [0.1, 0.15) is 5.82 Å². The predicted molar refractivity (Wildman–Crippen MR) is 68.4 cm³/mol. The second kappa shape index (κ2) is 4.54. The lowest BCUT2D eigenvalue weighted by Crippen LogP contribution is -1.96. The molecule has 0 aliphatic heterocycles. The molecule has 2 nitrogen and oxygen atoms in total. The van der Waals surface area contributed by atoms with Gasteiger partial charge in [-0.25, -0.2) is 4.98 Å². The van der Waals surface area contributed by atoms with Gasteiger partial charge in [-0.2, -0.15) is 0 Å². The number of nitrogens with one attached hydrogen (secondary N) is 1. The smallest absolute Gasteiger partial charge is 0.130 e. The van der Waals surface area contributed by atoms with E-state index in [2.05, 4.69) is 30.2 Å². The first-order valence-electron chi connectivity index (χ1n) is 5.11. The molecule has 0 saturated carbocycles. The molecule has 0 aliphatic carbocycles. The van der Waals surface area contributed by atoms with Crippen LogP contribution in [0.15, 0.2) is 36.5 Å². The quantitative estimate of drug-likeness (QED) is 0.844. The van der Waals surface area contributed by atoms with Crippen molar-refractivity contribution < 1.29 is 0 Å². The number of benzene rings is 1. The van der Waals surface area contributed by atoms with Gasteiger partial charge in [0.2, 0.25) is 0 Å². The fourth-order valence-corrected chi connectivity index (χ4v) is 1.59. The van der Waals surface area contributed by atoms with E-state index in [0.717, 1.165) is 11.5 Å². The van der Waals surface area contributed by atoms with Gasteiger partial charge in [-0.1, -0.05) is 23.7 Å². The molecular formula is C13H13ClN2. The summed E-state index contributed by atoms with van der Waals surface area (Å²) in [4.78, 5) is 4.20. The molecule has 16 heavy (non-hydrogen) atoms. The summed E-state index contributed by atoms with van der Waals surface area (Å²) in [5, 5.41) is 3.92. The number of halogens is 1. The maximum Gasteiger partial charge on any atom is 0.130 e. The zero-order valence-corrected chi connectivity index (χ0v) is 10.0. The number of aromatic nitrogens is 1. The van der Waals surface area contributed by atoms with Crippen LogP contribution in [0.25, 0.3) is 0 Å². The third-order valence-electron chi connectivity index (χ3n) is 2.59. The average molecular weight is 233 g/mol. The van der Waals surface area contributed by atoms with Crippen LogP contribution in [0.2, 0.25) is 5.02 Å². The van der Waals surface area contributed by atoms with Crippen LogP contribution in [0.3, 0.4) is 0 Å². The first kappa shape index (κ1) is 11.0. The van der Waals surface area contributed by atoms with E-state index in [1.165, 1.54) is 11.1 Å². The SMILES string of the molecule is Cc1cccc(Nc2ccc(Cl)cn2)c1C. The summed E-state index contributed by atoms with van der Waals surface area (Å²) < 4.78 is 0. The fourth-order valence-electron chi connectivity index (χ4n) is 1.47. The van der Waals surface area contributed by atoms with E-state index in [9.17, 15) is 0 Å². The molecule has 0 saturated heterocycles. The summed E-state index contributed by atoms with van der Waals surface area (Å²) in [5.74, 6) is 0.804. The van der Waals surface area contributed by atoms with Crippen LogP contribution in [-0.2, 0) is 0 Å². The highest BCUT2D eigenvalue weighted by molar-refractivity contribution is 6.30. The van der Waals surface area contributed by atoms with Gasteiger partial charge in [0.15, 0.2) is 0 Å². The van der Waals surface area contributed by atoms with E-state index >= 15 is 0 Å². The van der Waals surface area contributed by atoms with Gasteiger partial charge in [0, 0.05) is 11.9 Å². The zero-order valence-electron chi connectivity index (χ0n) is 9.29. The van der Waals surface area contributed by atoms with Crippen LogP contribution in [-0.4, -0.2) is 4.98 Å². The molecule has 2 rings (SSSR count). The highest BCUT2D eigenvalue weighted by Crippen LogP contribution is 2.22. The Morgan fingerprint density at radius 1 is 1.12 bits per heavy atom. The Morgan fingerprint density at radius 2 is 1.94 bits per heavy atom. The lowest BCUT2D eigenvalue weighted by atomic mass is 10.1. The number of hydrogen-bond acceptors (Lipinski definition) is 2. The maximum atomic E-state index is 5.78. The molecule has 0 unspecified atom stereocenters. The molecule has 2 aromatic rings. The molecule has 3 heteroatoms. The van der Waals surface area contributed by atoms with E-state index in [1.54, 1.807) is 6.20 Å². The molecule has 0 radical (unpaired) electrons. The van der Waals surface area contributed by atoms with Crippen LogP contribution in [0.5, 0.6) is 0 Å². The van der Waals surface area contributed by atoms with E-state index in [1.807, 2.05) is 24.3 Å². The lowest BCUT2D eigenvalue weighted by Gasteiger charge is -2.10. The molecule has 1 N–H and O–H groups in total. The highest BCUT2D eigenvalue weighted by Gasteiger charge is 2.01. The molecule has 0 aliphatic rings. The highest BCUT2D eigenvalue weighted by atomic mass is 35.5. The minimum absolute atomic E-state index is 0.645. The first-order chi connectivity index (χ1) is 7.66. The van der Waals surface area contributed by atoms with E-state index in [0.29, 0.717) is 5.02 Å². The predicted octanol–water partition coefficient (Wildman–Crippen LogP) is 4.10. The minimum atomic E-state index is 0.645. The Balaban J connectivity index is 2.27. The number of hydrogen-bond donors (Lipinski definition) is 1. The van der Waals surface area contributed by atoms with Crippen molar-refractivity contribution in [3.05, 3.63) is 52.7 Å². The molecule has 0 amide bonds. The molecule has 82 valence electrons. The molecule has 1 aromatic carbocycles. The van der Waals surface area contributed by atoms with Crippen molar-refractivity contribution in [1.82, 2.24) is 4.98 Å². The fraction of sp³-hybridized carbons (Fsp3) is 0.154. The van der Waals surface area contributed by atoms with E-state index in [-0.39, 0.29) is 0 Å². The summed E-state index contributed by atoms with van der Waals surface area (Å²) in [6.07, 6.45) is 1.63. The van der Waals surface area contributed by atoms with Crippen molar-refractivity contribution in [2.75, 3.05) is 5.32 Å². The van der Waals surface area contributed by atoms with Gasteiger partial charge in [-0.15, -0.1) is 0 Å². The van der Waals surface area contributed by atoms with Crippen molar-refractivity contribution in [2.24, 2.45) is 0 Å². The largest absolute Gasteiger partial charge is 0.340 e. The topological polar surface area (TPSA) is 24.9 Å². The Bertz CT molecular complexity index is 492. The molecule has 0 spiro atoms. The summed E-state index contributed by atoms with van der Waals surface area (Å²) in [7, 11) is 0. The molecule has 0 atom stereocenters. The molecule has 1 aromatic heterocycles. The zero-order chi connectivity index (χ0) is 11.5. The van der Waals surface area contributed by atoms with Crippen LogP contribution in [0, 0.1) is 13.8 Å². The number of pyridine rings is 1. The Kier molecular flexibility index (Phi) is 3.11. The number of anilines is 2. The normalized spacial score (nSPS) is 10.2. The van der Waals surface area contributed by atoms with Gasteiger partial charge in [0.25, 0.3) is 0 Å². The summed E-state index contributed by atoms with van der Waals surface area (Å²) in [6, 6.07) is 9.85. The van der Waals surface area contributed by atoms with Gasteiger partial charge >= 0.3 is 0 Å². The minimum Gasteiger partial charge on any atom is -0.340 e. The Labute approximate surface area is 100 Å². The maximum absolute atomic E-state index is 5.78. The monoisotopic (exact) mass is 232 g/mol. The Hall–Kier alpha value is -1.54. The number of rotatable bonds is 2. The second-order valence-corrected chi connectivity index (χ2v) is 4.17. The van der Waals surface area contributed by atoms with Crippen molar-refractivity contribution in [3.8, 4) is 0 Å². The van der Waals surface area contributed by atoms with E-state index in [4.69, 9.17) is 11.6 Å². The first-order valence-corrected chi connectivity index (χ1v) is 5.49. The standard InChI is InChI=1S/C13H13ClN2/c1-9-4-3-5-12(10(9)2)16-13-7-6-11(14)8-15-13/h3-8H,1-2H3,(H,15,16). The van der Waals surface area contributed by atoms with Gasteiger partial charge in [-0.05, 0) is 43.2 Å². The molecule has 0 bridgehead atoms. The van der Waals surface area contributed by atoms with Crippen molar-refractivity contribution in [3.63, 3.8) is 0 Å². The number of aryl methyl sites for hydroxylation is 1. The van der Waals surface area contributed by atoms with Crippen LogP contribution in [0.1, 0.15) is 11.1 Å². The molecule has 0 fully saturated rings. The third-order valence-corrected chi connectivity index (χ3v) is 2.82. The molecular weight excluding hydrogens is 220 g/mol. The molecule has 1 heterocycles. The van der Waals surface area contributed by atoms with Crippen molar-refractivity contribution in [2.45, 2.75) is 13.8 Å². The van der Waals surface area contributed by atoms with Crippen LogP contribution in [0.4, 0.5) is 11.5 Å². The number of nitrogens with zero attached hydrogens (tertiary/aromatic N) is 1. The van der Waals surface area contributed by atoms with Crippen LogP contribution >= 0.6 is 11.6 Å². The van der Waals surface area contributed by atoms with Gasteiger partial charge < -0.3 is 5.32 Å². The summed E-state index contributed by atoms with van der Waals surface area (Å²) in [6.45, 7) is 4.18. The average Bonchev–Trinajstić information content (AvgIpc) is 2.28. The van der Waals surface area contributed by atoms with Crippen molar-refractivity contribution >= 4 is 23.1 Å². The van der Waals surface area contributed by atoms with Crippen molar-refractivity contribution in [1.29, 1.82) is 0 Å². The van der Waals surface area contributed by atoms with E-state index < -0.39 is 0 Å². The summed E-state index contributed by atoms with van der Waals surface area (Å²) in [5.41, 5.74) is 3.58.